The van der Waals surface area contributed by atoms with Crippen molar-refractivity contribution in [3.8, 4) is 11.3 Å². The van der Waals surface area contributed by atoms with Gasteiger partial charge >= 0.3 is 0 Å². The number of likely N-dealkylation sites (N-methyl/N-ethyl adjacent to an activating group) is 2. The molecular formula is C36H42N8O. The summed E-state index contributed by atoms with van der Waals surface area (Å²) in [7, 11) is 4.34. The van der Waals surface area contributed by atoms with Crippen LogP contribution >= 0.6 is 0 Å². The Hall–Kier alpha value is -4.73. The fraction of sp³-hybridized carbons (Fsp3) is 0.306. The zero-order valence-electron chi connectivity index (χ0n) is 26.2. The van der Waals surface area contributed by atoms with Crippen LogP contribution in [0.25, 0.3) is 11.3 Å². The van der Waals surface area contributed by atoms with Crippen LogP contribution in [0.2, 0.25) is 0 Å². The van der Waals surface area contributed by atoms with E-state index in [4.69, 9.17) is 9.97 Å². The molecule has 1 aromatic heterocycles. The number of anilines is 6. The second-order valence-corrected chi connectivity index (χ2v) is 11.9. The van der Waals surface area contributed by atoms with Gasteiger partial charge in [0.15, 0.2) is 5.78 Å². The lowest BCUT2D eigenvalue weighted by molar-refractivity contribution is -0.114. The quantitative estimate of drug-likeness (QED) is 0.231. The fourth-order valence-electron chi connectivity index (χ4n) is 5.77. The summed E-state index contributed by atoms with van der Waals surface area (Å²) >= 11 is 0. The number of nitrogens with zero attached hydrogens (tertiary/aromatic N) is 6. The summed E-state index contributed by atoms with van der Waals surface area (Å²) in [5, 5.41) is 6.97. The summed E-state index contributed by atoms with van der Waals surface area (Å²) in [6.45, 7) is 11.9. The summed E-state index contributed by atoms with van der Waals surface area (Å²) in [6.07, 6.45) is 1.67. The maximum absolute atomic E-state index is 12.1. The Morgan fingerprint density at radius 2 is 1.40 bits per heavy atom. The van der Waals surface area contributed by atoms with Gasteiger partial charge in [-0.05, 0) is 74.3 Å². The molecule has 4 aromatic rings. The zero-order valence-corrected chi connectivity index (χ0v) is 26.2. The zero-order chi connectivity index (χ0) is 31.2. The third-order valence-electron chi connectivity index (χ3n) is 8.53. The van der Waals surface area contributed by atoms with Gasteiger partial charge < -0.3 is 30.2 Å². The monoisotopic (exact) mass is 602 g/mol. The van der Waals surface area contributed by atoms with Crippen LogP contribution in [0.1, 0.15) is 5.56 Å². The summed E-state index contributed by atoms with van der Waals surface area (Å²) in [6, 6.07) is 26.8. The molecule has 2 aliphatic heterocycles. The predicted octanol–water partition coefficient (Wildman–Crippen LogP) is 5.43. The van der Waals surface area contributed by atoms with Crippen molar-refractivity contribution < 1.29 is 4.79 Å². The normalized spacial score (nSPS) is 16.0. The Morgan fingerprint density at radius 3 is 2.09 bits per heavy atom. The Labute approximate surface area is 266 Å². The lowest BCUT2D eigenvalue weighted by atomic mass is 10.0. The molecule has 9 nitrogen and oxygen atoms in total. The van der Waals surface area contributed by atoms with Gasteiger partial charge in [0.25, 0.3) is 0 Å². The largest absolute Gasteiger partial charge is 0.369 e. The maximum atomic E-state index is 12.1. The molecule has 3 aromatic carbocycles. The lowest BCUT2D eigenvalue weighted by Crippen LogP contribution is -2.44. The van der Waals surface area contributed by atoms with Crippen molar-refractivity contribution in [2.24, 2.45) is 0 Å². The second kappa shape index (κ2) is 13.9. The molecule has 0 saturated carbocycles. The van der Waals surface area contributed by atoms with Crippen LogP contribution < -0.4 is 20.4 Å². The summed E-state index contributed by atoms with van der Waals surface area (Å²) in [5.74, 6) is 1.16. The number of nitrogens with one attached hydrogen (secondary N) is 2. The van der Waals surface area contributed by atoms with Crippen LogP contribution in [0.15, 0.2) is 91.5 Å². The molecule has 0 atom stereocenters. The minimum atomic E-state index is -0.0141. The van der Waals surface area contributed by atoms with Crippen molar-refractivity contribution in [1.29, 1.82) is 0 Å². The van der Waals surface area contributed by atoms with Gasteiger partial charge in [-0.25, -0.2) is 4.98 Å². The molecule has 0 aliphatic carbocycles. The average molecular weight is 603 g/mol. The smallest absolute Gasteiger partial charge is 0.229 e. The van der Waals surface area contributed by atoms with Gasteiger partial charge in [-0.2, -0.15) is 4.98 Å². The van der Waals surface area contributed by atoms with Crippen LogP contribution in [0, 0.1) is 0 Å². The highest BCUT2D eigenvalue weighted by atomic mass is 16.1. The molecule has 0 bridgehead atoms. The Morgan fingerprint density at radius 1 is 0.733 bits per heavy atom. The van der Waals surface area contributed by atoms with Crippen LogP contribution in [0.4, 0.5) is 34.5 Å². The van der Waals surface area contributed by atoms with E-state index in [1.165, 1.54) is 17.5 Å². The van der Waals surface area contributed by atoms with Crippen molar-refractivity contribution in [2.45, 2.75) is 6.42 Å². The minimum Gasteiger partial charge on any atom is -0.369 e. The van der Waals surface area contributed by atoms with E-state index in [9.17, 15) is 4.79 Å². The molecule has 0 radical (unpaired) electrons. The topological polar surface area (TPSA) is 79.9 Å². The van der Waals surface area contributed by atoms with Gasteiger partial charge in [0.1, 0.15) is 5.82 Å². The first-order chi connectivity index (χ1) is 21.9. The summed E-state index contributed by atoms with van der Waals surface area (Å²) in [5.41, 5.74) is 6.87. The van der Waals surface area contributed by atoms with Crippen LogP contribution in [0.3, 0.4) is 0 Å². The molecule has 0 unspecified atom stereocenters. The highest BCUT2D eigenvalue weighted by molar-refractivity contribution is 5.91. The van der Waals surface area contributed by atoms with Gasteiger partial charge in [-0.15, -0.1) is 0 Å². The van der Waals surface area contributed by atoms with E-state index >= 15 is 0 Å². The molecule has 2 fully saturated rings. The van der Waals surface area contributed by atoms with Crippen LogP contribution in [0.5, 0.6) is 0 Å². The molecule has 45 heavy (non-hydrogen) atoms. The maximum Gasteiger partial charge on any atom is 0.229 e. The molecule has 2 N–H and O–H groups in total. The first-order valence-electron chi connectivity index (χ1n) is 15.7. The van der Waals surface area contributed by atoms with Crippen LogP contribution in [-0.4, -0.2) is 92.0 Å². The van der Waals surface area contributed by atoms with E-state index in [2.05, 4.69) is 93.4 Å². The molecule has 2 saturated heterocycles. The van der Waals surface area contributed by atoms with Crippen molar-refractivity contribution >= 4 is 40.3 Å². The number of hydrogen-bond donors (Lipinski definition) is 2. The van der Waals surface area contributed by atoms with Crippen LogP contribution in [-0.2, 0) is 11.2 Å². The lowest BCUT2D eigenvalue weighted by Gasteiger charge is -2.34. The Kier molecular flexibility index (Phi) is 9.38. The molecule has 3 heterocycles. The third-order valence-corrected chi connectivity index (χ3v) is 8.53. The molecular weight excluding hydrogens is 560 g/mol. The molecule has 6 rings (SSSR count). The van der Waals surface area contributed by atoms with E-state index in [0.29, 0.717) is 18.2 Å². The van der Waals surface area contributed by atoms with Gasteiger partial charge in [-0.3, -0.25) is 4.79 Å². The molecule has 0 spiro atoms. The number of ketones is 1. The Balaban J connectivity index is 1.27. The van der Waals surface area contributed by atoms with Crippen molar-refractivity contribution in [2.75, 3.05) is 86.9 Å². The number of rotatable bonds is 10. The van der Waals surface area contributed by atoms with E-state index in [0.717, 1.165) is 80.6 Å². The van der Waals surface area contributed by atoms with Gasteiger partial charge in [0.05, 0.1) is 5.69 Å². The molecule has 0 amide bonds. The van der Waals surface area contributed by atoms with Crippen molar-refractivity contribution in [1.82, 2.24) is 19.8 Å². The third kappa shape index (κ3) is 7.87. The first-order valence-corrected chi connectivity index (χ1v) is 15.7. The standard InChI is InChI=1S/C36H42N8O/c1-4-33(45)24-27-7-5-8-28(23-27)34-26-35(37-29-11-13-31(14-12-29)43-19-15-41(2)16-20-43)40-36(39-34)38-30-9-6-10-32(25-30)44-21-17-42(3)18-22-44/h4-14,23,25-26H,1,15-22,24H2,2-3H3,(H2,37,38,39,40). The predicted molar refractivity (Wildman–Crippen MR) is 185 cm³/mol. The van der Waals surface area contributed by atoms with Gasteiger partial charge in [0, 0.05) is 93.2 Å². The van der Waals surface area contributed by atoms with E-state index in [1.54, 1.807) is 0 Å². The first kappa shape index (κ1) is 30.3. The minimum absolute atomic E-state index is 0.0141. The number of allylic oxidation sites excluding steroid dienone is 1. The number of aromatic nitrogens is 2. The van der Waals surface area contributed by atoms with Gasteiger partial charge in [-0.1, -0.05) is 30.8 Å². The second-order valence-electron chi connectivity index (χ2n) is 11.9. The highest BCUT2D eigenvalue weighted by Gasteiger charge is 2.16. The fourth-order valence-corrected chi connectivity index (χ4v) is 5.77. The summed E-state index contributed by atoms with van der Waals surface area (Å²) < 4.78 is 0. The van der Waals surface area contributed by atoms with E-state index in [1.807, 2.05) is 36.4 Å². The number of benzene rings is 3. The van der Waals surface area contributed by atoms with E-state index in [-0.39, 0.29) is 5.78 Å². The number of carbonyl (C=O) groups is 1. The SMILES string of the molecule is C=CC(=O)Cc1cccc(-c2cc(Nc3ccc(N4CCN(C)CC4)cc3)nc(Nc3cccc(N4CCN(C)CC4)c3)n2)c1. The van der Waals surface area contributed by atoms with Crippen molar-refractivity contribution in [3.63, 3.8) is 0 Å². The van der Waals surface area contributed by atoms with Crippen molar-refractivity contribution in [3.05, 3.63) is 97.1 Å². The Bertz CT molecular complexity index is 1620. The molecule has 2 aliphatic rings. The summed E-state index contributed by atoms with van der Waals surface area (Å²) in [4.78, 5) is 31.4. The number of carbonyl (C=O) groups excluding carboxylic acids is 1. The van der Waals surface area contributed by atoms with Gasteiger partial charge in [0.2, 0.25) is 5.95 Å². The molecule has 232 valence electrons. The van der Waals surface area contributed by atoms with E-state index < -0.39 is 0 Å². The highest BCUT2D eigenvalue weighted by Crippen LogP contribution is 2.28. The average Bonchev–Trinajstić information content (AvgIpc) is 3.06. The number of hydrogen-bond acceptors (Lipinski definition) is 9. The molecule has 9 heteroatoms. The number of piperazine rings is 2.